The van der Waals surface area contributed by atoms with Crippen LogP contribution in [0.2, 0.25) is 0 Å². The predicted molar refractivity (Wildman–Crippen MR) is 77.3 cm³/mol. The van der Waals surface area contributed by atoms with Gasteiger partial charge in [0.05, 0.1) is 16.6 Å². The molecule has 0 aliphatic rings. The highest BCUT2D eigenvalue weighted by Gasteiger charge is 2.38. The number of thiazole rings is 1. The van der Waals surface area contributed by atoms with Crippen LogP contribution in [0.4, 0.5) is 19.0 Å². The third kappa shape index (κ3) is 2.56. The van der Waals surface area contributed by atoms with E-state index in [0.717, 1.165) is 5.51 Å². The van der Waals surface area contributed by atoms with Crippen molar-refractivity contribution in [1.29, 1.82) is 0 Å². The van der Waals surface area contributed by atoms with E-state index in [1.54, 1.807) is 7.05 Å². The van der Waals surface area contributed by atoms with Gasteiger partial charge in [-0.15, -0.1) is 11.3 Å². The highest BCUT2D eigenvalue weighted by molar-refractivity contribution is 7.12. The maximum absolute atomic E-state index is 12.8. The molecule has 3 aromatic rings. The molecule has 0 saturated heterocycles. The molecule has 0 saturated carbocycles. The second-order valence-corrected chi connectivity index (χ2v) is 5.56. The summed E-state index contributed by atoms with van der Waals surface area (Å²) in [6.07, 6.45) is -4.09. The van der Waals surface area contributed by atoms with Gasteiger partial charge in [-0.1, -0.05) is 6.92 Å². The minimum absolute atomic E-state index is 0.219. The van der Waals surface area contributed by atoms with Crippen molar-refractivity contribution in [2.24, 2.45) is 7.05 Å². The number of hydrogen-bond donors (Lipinski definition) is 2. The van der Waals surface area contributed by atoms with Gasteiger partial charge in [0.1, 0.15) is 10.7 Å². The van der Waals surface area contributed by atoms with E-state index < -0.39 is 22.7 Å². The maximum Gasteiger partial charge on any atom is 0.434 e. The fourth-order valence-corrected chi connectivity index (χ4v) is 2.94. The summed E-state index contributed by atoms with van der Waals surface area (Å²) in [6.45, 7) is 1.88. The van der Waals surface area contributed by atoms with Crippen LogP contribution in [-0.4, -0.2) is 30.9 Å². The van der Waals surface area contributed by atoms with Crippen molar-refractivity contribution in [3.05, 3.63) is 21.8 Å². The summed E-state index contributed by atoms with van der Waals surface area (Å²) in [5.41, 5.74) is 0.990. The molecule has 23 heavy (non-hydrogen) atoms. The molecule has 1 amide bonds. The van der Waals surface area contributed by atoms with Crippen LogP contribution in [0.1, 0.15) is 28.0 Å². The van der Waals surface area contributed by atoms with Crippen LogP contribution in [0.25, 0.3) is 11.0 Å². The van der Waals surface area contributed by atoms with Gasteiger partial charge < -0.3 is 5.32 Å². The number of amides is 1. The first-order valence-corrected chi connectivity index (χ1v) is 7.42. The molecule has 0 aliphatic carbocycles. The first-order valence-electron chi connectivity index (χ1n) is 6.55. The molecule has 11 heteroatoms. The number of alkyl halides is 3. The van der Waals surface area contributed by atoms with Crippen molar-refractivity contribution in [2.75, 3.05) is 5.32 Å². The zero-order chi connectivity index (χ0) is 16.8. The van der Waals surface area contributed by atoms with E-state index in [4.69, 9.17) is 0 Å². The fourth-order valence-electron chi connectivity index (χ4n) is 2.24. The van der Waals surface area contributed by atoms with Crippen LogP contribution >= 0.6 is 11.3 Å². The van der Waals surface area contributed by atoms with Crippen molar-refractivity contribution in [1.82, 2.24) is 25.0 Å². The van der Waals surface area contributed by atoms with E-state index in [2.05, 4.69) is 25.6 Å². The molecule has 0 bridgehead atoms. The lowest BCUT2D eigenvalue weighted by Crippen LogP contribution is -2.17. The molecule has 0 unspecified atom stereocenters. The summed E-state index contributed by atoms with van der Waals surface area (Å²) >= 11 is 0.629. The predicted octanol–water partition coefficient (Wildman–Crippen LogP) is 2.59. The highest BCUT2D eigenvalue weighted by atomic mass is 32.1. The number of anilines is 1. The van der Waals surface area contributed by atoms with E-state index >= 15 is 0 Å². The molecule has 122 valence electrons. The van der Waals surface area contributed by atoms with Crippen LogP contribution in [0.5, 0.6) is 0 Å². The molecule has 0 atom stereocenters. The molecule has 3 heterocycles. The van der Waals surface area contributed by atoms with Crippen LogP contribution in [0.3, 0.4) is 0 Å². The monoisotopic (exact) mass is 344 g/mol. The van der Waals surface area contributed by atoms with Crippen LogP contribution in [-0.2, 0) is 19.6 Å². The molecule has 0 fully saturated rings. The van der Waals surface area contributed by atoms with E-state index in [0.29, 0.717) is 34.5 Å². The molecule has 3 aromatic heterocycles. The number of fused-ring (bicyclic) bond motifs is 1. The summed E-state index contributed by atoms with van der Waals surface area (Å²) in [4.78, 5) is 14.9. The van der Waals surface area contributed by atoms with E-state index in [1.807, 2.05) is 6.92 Å². The van der Waals surface area contributed by atoms with Crippen LogP contribution in [0.15, 0.2) is 5.51 Å². The number of hydrogen-bond acceptors (Lipinski definition) is 5. The number of carbonyl (C=O) groups excluding carboxylic acids is 1. The third-order valence-electron chi connectivity index (χ3n) is 3.23. The standard InChI is InChI=1S/C12H11F3N6OS/c1-3-5-6-9(18-19-10(6)21(2)20-5)17-11(22)7-8(12(13,14)15)16-4-23-7/h4H,3H2,1-2H3,(H2,17,18,19,22). The summed E-state index contributed by atoms with van der Waals surface area (Å²) in [5, 5.41) is 13.9. The van der Waals surface area contributed by atoms with E-state index in [-0.39, 0.29) is 5.82 Å². The summed E-state index contributed by atoms with van der Waals surface area (Å²) in [5.74, 6) is -0.673. The van der Waals surface area contributed by atoms with Crippen molar-refractivity contribution < 1.29 is 18.0 Å². The van der Waals surface area contributed by atoms with Crippen molar-refractivity contribution >= 4 is 34.1 Å². The lowest BCUT2D eigenvalue weighted by molar-refractivity contribution is -0.141. The number of nitrogens with one attached hydrogen (secondary N) is 2. The van der Waals surface area contributed by atoms with Gasteiger partial charge in [0.25, 0.3) is 5.91 Å². The fraction of sp³-hybridized carbons (Fsp3) is 0.333. The Morgan fingerprint density at radius 1 is 1.48 bits per heavy atom. The highest BCUT2D eigenvalue weighted by Crippen LogP contribution is 2.33. The molecule has 0 spiro atoms. The first kappa shape index (κ1) is 15.5. The number of aromatic amines is 1. The molecule has 0 aromatic carbocycles. The Kier molecular flexibility index (Phi) is 3.59. The largest absolute Gasteiger partial charge is 0.434 e. The Labute approximate surface area is 131 Å². The Hall–Kier alpha value is -2.43. The number of aryl methyl sites for hydroxylation is 2. The molecule has 0 radical (unpaired) electrons. The minimum atomic E-state index is -4.68. The number of aromatic nitrogens is 5. The van der Waals surface area contributed by atoms with Gasteiger partial charge in [0.2, 0.25) is 0 Å². The first-order chi connectivity index (χ1) is 10.8. The van der Waals surface area contributed by atoms with Crippen molar-refractivity contribution in [3.63, 3.8) is 0 Å². The average Bonchev–Trinajstić information content (AvgIpc) is 3.16. The average molecular weight is 344 g/mol. The Morgan fingerprint density at radius 2 is 2.22 bits per heavy atom. The zero-order valence-electron chi connectivity index (χ0n) is 12.0. The number of carbonyl (C=O) groups is 1. The van der Waals surface area contributed by atoms with Crippen molar-refractivity contribution in [3.8, 4) is 0 Å². The van der Waals surface area contributed by atoms with Gasteiger partial charge in [-0.3, -0.25) is 9.89 Å². The number of nitrogens with zero attached hydrogens (tertiary/aromatic N) is 4. The maximum atomic E-state index is 12.8. The van der Waals surface area contributed by atoms with E-state index in [1.165, 1.54) is 4.68 Å². The number of rotatable bonds is 3. The van der Waals surface area contributed by atoms with Gasteiger partial charge in [0.15, 0.2) is 11.3 Å². The third-order valence-corrected chi connectivity index (χ3v) is 4.05. The van der Waals surface area contributed by atoms with Crippen molar-refractivity contribution in [2.45, 2.75) is 19.5 Å². The number of H-pyrrole nitrogens is 1. The number of halogens is 3. The molecule has 0 aliphatic heterocycles. The quantitative estimate of drug-likeness (QED) is 0.764. The summed E-state index contributed by atoms with van der Waals surface area (Å²) < 4.78 is 40.0. The summed E-state index contributed by atoms with van der Waals surface area (Å²) in [7, 11) is 1.69. The molecular weight excluding hydrogens is 333 g/mol. The van der Waals surface area contributed by atoms with Crippen LogP contribution < -0.4 is 5.32 Å². The van der Waals surface area contributed by atoms with Gasteiger partial charge in [0, 0.05) is 7.05 Å². The zero-order valence-corrected chi connectivity index (χ0v) is 12.8. The topological polar surface area (TPSA) is 88.5 Å². The molecule has 7 nitrogen and oxygen atoms in total. The summed E-state index contributed by atoms with van der Waals surface area (Å²) in [6, 6.07) is 0. The molecule has 2 N–H and O–H groups in total. The molecular formula is C12H11F3N6OS. The smallest absolute Gasteiger partial charge is 0.306 e. The van der Waals surface area contributed by atoms with Gasteiger partial charge in [-0.2, -0.15) is 23.4 Å². The van der Waals surface area contributed by atoms with Gasteiger partial charge in [-0.05, 0) is 6.42 Å². The Morgan fingerprint density at radius 3 is 2.87 bits per heavy atom. The Bertz CT molecular complexity index is 877. The second kappa shape index (κ2) is 5.33. The Balaban J connectivity index is 1.97. The lowest BCUT2D eigenvalue weighted by Gasteiger charge is -2.06. The molecule has 3 rings (SSSR count). The van der Waals surface area contributed by atoms with Crippen LogP contribution in [0, 0.1) is 0 Å². The van der Waals surface area contributed by atoms with Gasteiger partial charge in [-0.25, -0.2) is 9.67 Å². The SMILES string of the molecule is CCc1nn(C)c2n[nH]c(NC(=O)c3scnc3C(F)(F)F)c12. The minimum Gasteiger partial charge on any atom is -0.306 e. The van der Waals surface area contributed by atoms with E-state index in [9.17, 15) is 18.0 Å². The second-order valence-electron chi connectivity index (χ2n) is 4.70. The van der Waals surface area contributed by atoms with Gasteiger partial charge >= 0.3 is 6.18 Å². The lowest BCUT2D eigenvalue weighted by atomic mass is 10.2. The normalized spacial score (nSPS) is 12.0.